The van der Waals surface area contributed by atoms with Crippen molar-refractivity contribution < 1.29 is 14.7 Å². The number of ketones is 1. The molecule has 0 unspecified atom stereocenters. The summed E-state index contributed by atoms with van der Waals surface area (Å²) in [6.45, 7) is 4.44. The first-order chi connectivity index (χ1) is 13.6. The van der Waals surface area contributed by atoms with Crippen LogP contribution in [0, 0.1) is 0 Å². The quantitative estimate of drug-likeness (QED) is 0.391. The predicted molar refractivity (Wildman–Crippen MR) is 111 cm³/mol. The van der Waals surface area contributed by atoms with E-state index in [1.54, 1.807) is 24.4 Å². The van der Waals surface area contributed by atoms with E-state index in [9.17, 15) is 9.59 Å². The average molecular weight is 378 g/mol. The topological polar surface area (TPSA) is 71.3 Å². The third-order valence-corrected chi connectivity index (χ3v) is 5.02. The Bertz CT molecular complexity index is 894. The third-order valence-electron chi connectivity index (χ3n) is 5.02. The number of aliphatic carboxylic acids is 1. The number of aromatic nitrogens is 1. The highest BCUT2D eigenvalue weighted by Gasteiger charge is 2.19. The van der Waals surface area contributed by atoms with E-state index in [1.807, 2.05) is 18.2 Å². The molecular formula is C23H26N2O3. The summed E-state index contributed by atoms with van der Waals surface area (Å²) in [7, 11) is 0. The van der Waals surface area contributed by atoms with Crippen LogP contribution in [0.3, 0.4) is 0 Å². The Kier molecular flexibility index (Phi) is 6.48. The molecule has 5 nitrogen and oxygen atoms in total. The zero-order valence-electron chi connectivity index (χ0n) is 16.0. The molecule has 2 N–H and O–H groups in total. The van der Waals surface area contributed by atoms with Gasteiger partial charge in [-0.05, 0) is 43.7 Å². The van der Waals surface area contributed by atoms with E-state index in [1.165, 1.54) is 17.7 Å². The summed E-state index contributed by atoms with van der Waals surface area (Å²) in [5, 5.41) is 12.2. The lowest BCUT2D eigenvalue weighted by Crippen LogP contribution is -2.18. The monoisotopic (exact) mass is 378 g/mol. The zero-order chi connectivity index (χ0) is 19.9. The van der Waals surface area contributed by atoms with Gasteiger partial charge in [0.25, 0.3) is 0 Å². The third kappa shape index (κ3) is 4.60. The molecule has 0 atom stereocenters. The Morgan fingerprint density at radius 2 is 1.93 bits per heavy atom. The molecule has 1 aliphatic carbocycles. The van der Waals surface area contributed by atoms with Crippen LogP contribution in [0.15, 0.2) is 49.1 Å². The van der Waals surface area contributed by atoms with Crippen LogP contribution in [0.5, 0.6) is 0 Å². The molecule has 146 valence electrons. The molecule has 1 heterocycles. The first-order valence-electron chi connectivity index (χ1n) is 9.73. The first-order valence-corrected chi connectivity index (χ1v) is 9.73. The maximum absolute atomic E-state index is 12.8. The van der Waals surface area contributed by atoms with Crippen LogP contribution >= 0.6 is 0 Å². The summed E-state index contributed by atoms with van der Waals surface area (Å²) >= 11 is 0. The van der Waals surface area contributed by atoms with Crippen LogP contribution in [-0.2, 0) is 17.6 Å². The Morgan fingerprint density at radius 1 is 1.18 bits per heavy atom. The van der Waals surface area contributed by atoms with Crippen molar-refractivity contribution in [1.82, 2.24) is 9.88 Å². The van der Waals surface area contributed by atoms with E-state index in [0.29, 0.717) is 24.2 Å². The Balaban J connectivity index is 1.93. The van der Waals surface area contributed by atoms with Gasteiger partial charge >= 0.3 is 5.97 Å². The molecule has 0 saturated carbocycles. The van der Waals surface area contributed by atoms with Gasteiger partial charge < -0.3 is 15.0 Å². The van der Waals surface area contributed by atoms with Crippen LogP contribution in [-0.4, -0.2) is 28.0 Å². The number of carbonyl (C=O) groups excluding carboxylic acids is 1. The molecule has 0 amide bonds. The molecule has 5 heteroatoms. The standard InChI is InChI=1S/C23H26N2O3/c1-2-25-20-12-7-6-11-18(20)15-21(25)19(24-14-8-13-23(27)28)16-22(26)17-9-4-3-5-10-17/h2-5,9-10,15-16,24H,1,6-8,11-14H2,(H,27,28)/b19-16-. The van der Waals surface area contributed by atoms with Crippen LogP contribution < -0.4 is 5.32 Å². The van der Waals surface area contributed by atoms with Gasteiger partial charge in [-0.15, -0.1) is 0 Å². The fourth-order valence-electron chi connectivity index (χ4n) is 3.63. The average Bonchev–Trinajstić information content (AvgIpc) is 3.09. The molecule has 1 aromatic carbocycles. The molecule has 3 rings (SSSR count). The lowest BCUT2D eigenvalue weighted by molar-refractivity contribution is -0.137. The summed E-state index contributed by atoms with van der Waals surface area (Å²) in [6, 6.07) is 11.3. The van der Waals surface area contributed by atoms with Gasteiger partial charge in [0.15, 0.2) is 5.78 Å². The van der Waals surface area contributed by atoms with E-state index in [-0.39, 0.29) is 12.2 Å². The summed E-state index contributed by atoms with van der Waals surface area (Å²) in [5.41, 5.74) is 4.78. The number of carbonyl (C=O) groups is 2. The lowest BCUT2D eigenvalue weighted by Gasteiger charge is -2.16. The Morgan fingerprint density at radius 3 is 2.64 bits per heavy atom. The minimum atomic E-state index is -0.822. The molecule has 0 spiro atoms. The van der Waals surface area contributed by atoms with Crippen molar-refractivity contribution in [2.24, 2.45) is 0 Å². The highest BCUT2D eigenvalue weighted by molar-refractivity contribution is 6.08. The summed E-state index contributed by atoms with van der Waals surface area (Å²) in [4.78, 5) is 23.6. The SMILES string of the molecule is C=Cn1c(/C(=C/C(=O)c2ccccc2)NCCCC(=O)O)cc2c1CCCC2. The van der Waals surface area contributed by atoms with Gasteiger partial charge in [-0.2, -0.15) is 0 Å². The van der Waals surface area contributed by atoms with Gasteiger partial charge in [0.2, 0.25) is 0 Å². The molecule has 0 fully saturated rings. The van der Waals surface area contributed by atoms with Crippen molar-refractivity contribution in [3.63, 3.8) is 0 Å². The molecule has 0 radical (unpaired) electrons. The van der Waals surface area contributed by atoms with Gasteiger partial charge in [0.05, 0.1) is 11.4 Å². The van der Waals surface area contributed by atoms with E-state index >= 15 is 0 Å². The van der Waals surface area contributed by atoms with Gasteiger partial charge in [-0.1, -0.05) is 36.9 Å². The van der Waals surface area contributed by atoms with Crippen LogP contribution in [0.4, 0.5) is 0 Å². The van der Waals surface area contributed by atoms with E-state index in [2.05, 4.69) is 22.5 Å². The van der Waals surface area contributed by atoms with Crippen LogP contribution in [0.2, 0.25) is 0 Å². The number of aryl methyl sites for hydroxylation is 1. The maximum Gasteiger partial charge on any atom is 0.303 e. The zero-order valence-corrected chi connectivity index (χ0v) is 16.0. The van der Waals surface area contributed by atoms with E-state index in [0.717, 1.165) is 25.0 Å². The minimum Gasteiger partial charge on any atom is -0.481 e. The number of carboxylic acids is 1. The van der Waals surface area contributed by atoms with Gasteiger partial charge in [-0.25, -0.2) is 0 Å². The van der Waals surface area contributed by atoms with Crippen molar-refractivity contribution in [2.75, 3.05) is 6.54 Å². The van der Waals surface area contributed by atoms with E-state index in [4.69, 9.17) is 5.11 Å². The van der Waals surface area contributed by atoms with Gasteiger partial charge in [-0.3, -0.25) is 9.59 Å². The largest absolute Gasteiger partial charge is 0.481 e. The number of fused-ring (bicyclic) bond motifs is 1. The minimum absolute atomic E-state index is 0.0869. The highest BCUT2D eigenvalue weighted by atomic mass is 16.4. The molecule has 0 saturated heterocycles. The second-order valence-electron chi connectivity index (χ2n) is 6.97. The number of nitrogens with zero attached hydrogens (tertiary/aromatic N) is 1. The normalized spacial score (nSPS) is 13.6. The summed E-state index contributed by atoms with van der Waals surface area (Å²) < 4.78 is 2.06. The molecule has 28 heavy (non-hydrogen) atoms. The molecule has 1 aromatic heterocycles. The van der Waals surface area contributed by atoms with Crippen LogP contribution in [0.25, 0.3) is 11.9 Å². The second-order valence-corrected chi connectivity index (χ2v) is 6.97. The second kappa shape index (κ2) is 9.22. The number of benzene rings is 1. The Labute approximate surface area is 165 Å². The van der Waals surface area contributed by atoms with Crippen molar-refractivity contribution >= 4 is 23.6 Å². The highest BCUT2D eigenvalue weighted by Crippen LogP contribution is 2.28. The summed E-state index contributed by atoms with van der Waals surface area (Å²) in [6.07, 6.45) is 8.32. The van der Waals surface area contributed by atoms with E-state index < -0.39 is 5.97 Å². The van der Waals surface area contributed by atoms with Crippen molar-refractivity contribution in [3.05, 3.63) is 71.6 Å². The number of rotatable bonds is 9. The smallest absolute Gasteiger partial charge is 0.303 e. The van der Waals surface area contributed by atoms with Crippen molar-refractivity contribution in [2.45, 2.75) is 38.5 Å². The fraction of sp³-hybridized carbons (Fsp3) is 0.304. The fourth-order valence-corrected chi connectivity index (χ4v) is 3.63. The molecule has 0 bridgehead atoms. The molecule has 0 aliphatic heterocycles. The first kappa shape index (κ1) is 19.7. The van der Waals surface area contributed by atoms with Gasteiger partial charge in [0.1, 0.15) is 0 Å². The van der Waals surface area contributed by atoms with Crippen molar-refractivity contribution in [1.29, 1.82) is 0 Å². The number of hydrogen-bond donors (Lipinski definition) is 2. The lowest BCUT2D eigenvalue weighted by atomic mass is 9.98. The number of nitrogens with one attached hydrogen (secondary N) is 1. The van der Waals surface area contributed by atoms with Crippen LogP contribution in [0.1, 0.15) is 53.0 Å². The van der Waals surface area contributed by atoms with Crippen molar-refractivity contribution in [3.8, 4) is 0 Å². The number of allylic oxidation sites excluding steroid dienone is 1. The Hall–Kier alpha value is -3.08. The summed E-state index contributed by atoms with van der Waals surface area (Å²) in [5.74, 6) is -0.909. The molecular weight excluding hydrogens is 352 g/mol. The number of hydrogen-bond acceptors (Lipinski definition) is 3. The molecule has 1 aliphatic rings. The molecule has 2 aromatic rings. The van der Waals surface area contributed by atoms with Gasteiger partial charge in [0, 0.05) is 36.5 Å². The number of carboxylic acid groups (broad SMARTS) is 1. The maximum atomic E-state index is 12.8. The predicted octanol–water partition coefficient (Wildman–Crippen LogP) is 4.15.